The summed E-state index contributed by atoms with van der Waals surface area (Å²) in [6.07, 6.45) is 4.03. The Morgan fingerprint density at radius 1 is 1.03 bits per heavy atom. The fourth-order valence-corrected chi connectivity index (χ4v) is 4.35. The quantitative estimate of drug-likeness (QED) is 0.741. The lowest BCUT2D eigenvalue weighted by molar-refractivity contribution is 0.102. The first-order chi connectivity index (χ1) is 14.7. The van der Waals surface area contributed by atoms with Crippen molar-refractivity contribution in [1.82, 2.24) is 10.2 Å². The van der Waals surface area contributed by atoms with Gasteiger partial charge in [0.25, 0.3) is 5.91 Å². The van der Waals surface area contributed by atoms with E-state index in [1.807, 2.05) is 30.3 Å². The molecule has 2 saturated carbocycles. The zero-order valence-electron chi connectivity index (χ0n) is 17.8. The van der Waals surface area contributed by atoms with Gasteiger partial charge in [-0.15, -0.1) is 0 Å². The van der Waals surface area contributed by atoms with Crippen molar-refractivity contribution in [1.29, 1.82) is 0 Å². The lowest BCUT2D eigenvalue weighted by atomic mass is 10.1. The van der Waals surface area contributed by atoms with Gasteiger partial charge in [0, 0.05) is 55.1 Å². The second-order valence-electron chi connectivity index (χ2n) is 9.22. The molecule has 1 aliphatic heterocycles. The predicted octanol–water partition coefficient (Wildman–Crippen LogP) is 3.55. The Morgan fingerprint density at radius 2 is 1.80 bits per heavy atom. The normalized spacial score (nSPS) is 24.0. The number of amides is 1. The molecule has 2 atom stereocenters. The molecule has 5 nitrogen and oxygen atoms in total. The van der Waals surface area contributed by atoms with Gasteiger partial charge < -0.3 is 20.4 Å². The molecule has 1 heterocycles. The maximum absolute atomic E-state index is 12.8. The molecule has 5 rings (SSSR count). The number of nitrogens with zero attached hydrogens (tertiary/aromatic N) is 2. The molecule has 1 saturated heterocycles. The van der Waals surface area contributed by atoms with Gasteiger partial charge in [0.05, 0.1) is 0 Å². The Morgan fingerprint density at radius 3 is 2.53 bits per heavy atom. The molecule has 158 valence electrons. The summed E-state index contributed by atoms with van der Waals surface area (Å²) in [6.45, 7) is 5.30. The first-order valence-corrected chi connectivity index (χ1v) is 11.3. The summed E-state index contributed by atoms with van der Waals surface area (Å²) in [5.41, 5.74) is 4.07. The molecule has 3 fully saturated rings. The Labute approximate surface area is 179 Å². The van der Waals surface area contributed by atoms with E-state index in [1.54, 1.807) is 0 Å². The van der Waals surface area contributed by atoms with Gasteiger partial charge in [0.15, 0.2) is 0 Å². The molecular weight excluding hydrogens is 372 g/mol. The Kier molecular flexibility index (Phi) is 5.48. The van der Waals surface area contributed by atoms with Gasteiger partial charge in [-0.25, -0.2) is 0 Å². The monoisotopic (exact) mass is 404 g/mol. The van der Waals surface area contributed by atoms with Crippen LogP contribution in [0.15, 0.2) is 48.5 Å². The molecule has 2 aromatic rings. The summed E-state index contributed by atoms with van der Waals surface area (Å²) < 4.78 is 0. The van der Waals surface area contributed by atoms with Crippen molar-refractivity contribution in [3.8, 4) is 0 Å². The SMILES string of the molecule is CN1CCN(c2cccc(C(=O)Nc3ccc(C4CC4NCC4CC4)cc3)c2)CC1. The summed E-state index contributed by atoms with van der Waals surface area (Å²) in [7, 11) is 2.15. The molecule has 2 aromatic carbocycles. The minimum absolute atomic E-state index is 0.0471. The van der Waals surface area contributed by atoms with Crippen molar-refractivity contribution in [3.63, 3.8) is 0 Å². The number of nitrogens with one attached hydrogen (secondary N) is 2. The highest BCUT2D eigenvalue weighted by atomic mass is 16.1. The number of carbonyl (C=O) groups excluding carboxylic acids is 1. The van der Waals surface area contributed by atoms with Crippen LogP contribution in [0.5, 0.6) is 0 Å². The Hall–Kier alpha value is -2.37. The van der Waals surface area contributed by atoms with Gasteiger partial charge in [-0.1, -0.05) is 18.2 Å². The van der Waals surface area contributed by atoms with Gasteiger partial charge in [0.1, 0.15) is 0 Å². The first-order valence-electron chi connectivity index (χ1n) is 11.3. The van der Waals surface area contributed by atoms with Crippen LogP contribution in [0.1, 0.15) is 41.1 Å². The third-order valence-electron chi connectivity index (χ3n) is 6.73. The van der Waals surface area contributed by atoms with E-state index in [4.69, 9.17) is 0 Å². The smallest absolute Gasteiger partial charge is 0.255 e. The third kappa shape index (κ3) is 4.68. The van der Waals surface area contributed by atoms with E-state index < -0.39 is 0 Å². The number of likely N-dealkylation sites (N-methyl/N-ethyl adjacent to an activating group) is 1. The van der Waals surface area contributed by atoms with E-state index in [1.165, 1.54) is 31.4 Å². The van der Waals surface area contributed by atoms with Crippen LogP contribution in [-0.4, -0.2) is 56.6 Å². The highest BCUT2D eigenvalue weighted by Gasteiger charge is 2.38. The van der Waals surface area contributed by atoms with Crippen LogP contribution in [0.3, 0.4) is 0 Å². The number of hydrogen-bond donors (Lipinski definition) is 2. The molecule has 5 heteroatoms. The summed E-state index contributed by atoms with van der Waals surface area (Å²) in [5.74, 6) is 1.52. The molecule has 30 heavy (non-hydrogen) atoms. The maximum atomic E-state index is 12.8. The van der Waals surface area contributed by atoms with Crippen molar-refractivity contribution in [2.45, 2.75) is 31.2 Å². The van der Waals surface area contributed by atoms with Gasteiger partial charge in [-0.2, -0.15) is 0 Å². The van der Waals surface area contributed by atoms with Gasteiger partial charge in [-0.3, -0.25) is 4.79 Å². The van der Waals surface area contributed by atoms with Crippen LogP contribution in [0.25, 0.3) is 0 Å². The molecule has 2 N–H and O–H groups in total. The molecule has 0 radical (unpaired) electrons. The van der Waals surface area contributed by atoms with Crippen LogP contribution in [0, 0.1) is 5.92 Å². The third-order valence-corrected chi connectivity index (χ3v) is 6.73. The number of piperazine rings is 1. The van der Waals surface area contributed by atoms with Crippen LogP contribution in [-0.2, 0) is 0 Å². The van der Waals surface area contributed by atoms with E-state index in [-0.39, 0.29) is 5.91 Å². The second-order valence-corrected chi connectivity index (χ2v) is 9.22. The van der Waals surface area contributed by atoms with Crippen LogP contribution >= 0.6 is 0 Å². The van der Waals surface area contributed by atoms with Crippen LogP contribution < -0.4 is 15.5 Å². The number of hydrogen-bond acceptors (Lipinski definition) is 4. The fourth-order valence-electron chi connectivity index (χ4n) is 4.35. The second kappa shape index (κ2) is 8.40. The van der Waals surface area contributed by atoms with E-state index >= 15 is 0 Å². The molecular formula is C25H32N4O. The van der Waals surface area contributed by atoms with E-state index in [0.717, 1.165) is 43.5 Å². The summed E-state index contributed by atoms with van der Waals surface area (Å²) >= 11 is 0. The minimum atomic E-state index is -0.0471. The fraction of sp³-hybridized carbons (Fsp3) is 0.480. The van der Waals surface area contributed by atoms with Crippen molar-refractivity contribution in [2.24, 2.45) is 5.92 Å². The van der Waals surface area contributed by atoms with E-state index in [9.17, 15) is 4.79 Å². The van der Waals surface area contributed by atoms with Gasteiger partial charge >= 0.3 is 0 Å². The zero-order valence-corrected chi connectivity index (χ0v) is 17.8. The number of carbonyl (C=O) groups is 1. The van der Waals surface area contributed by atoms with Gasteiger partial charge in [-0.05, 0) is 74.7 Å². The Bertz CT molecular complexity index is 884. The molecule has 1 amide bonds. The summed E-state index contributed by atoms with van der Waals surface area (Å²) in [4.78, 5) is 17.5. The highest BCUT2D eigenvalue weighted by molar-refractivity contribution is 6.04. The minimum Gasteiger partial charge on any atom is -0.369 e. The van der Waals surface area contributed by atoms with Crippen molar-refractivity contribution < 1.29 is 4.79 Å². The maximum Gasteiger partial charge on any atom is 0.255 e. The summed E-state index contributed by atoms with van der Waals surface area (Å²) in [5, 5.41) is 6.75. The molecule has 2 unspecified atom stereocenters. The van der Waals surface area contributed by atoms with Crippen molar-refractivity contribution >= 4 is 17.3 Å². The highest BCUT2D eigenvalue weighted by Crippen LogP contribution is 2.42. The Balaban J connectivity index is 1.17. The average molecular weight is 405 g/mol. The number of anilines is 2. The number of rotatable bonds is 7. The van der Waals surface area contributed by atoms with Crippen LogP contribution in [0.4, 0.5) is 11.4 Å². The van der Waals surface area contributed by atoms with E-state index in [0.29, 0.717) is 17.5 Å². The lowest BCUT2D eigenvalue weighted by Crippen LogP contribution is -2.44. The predicted molar refractivity (Wildman–Crippen MR) is 122 cm³/mol. The summed E-state index contributed by atoms with van der Waals surface area (Å²) in [6, 6.07) is 17.0. The molecule has 3 aliphatic rings. The molecule has 0 aromatic heterocycles. The first kappa shape index (κ1) is 19.6. The number of benzene rings is 2. The lowest BCUT2D eigenvalue weighted by Gasteiger charge is -2.34. The average Bonchev–Trinajstić information content (AvgIpc) is 3.68. The van der Waals surface area contributed by atoms with Crippen LogP contribution in [0.2, 0.25) is 0 Å². The van der Waals surface area contributed by atoms with Crippen molar-refractivity contribution in [2.75, 3.05) is 50.0 Å². The standard InChI is InChI=1S/C25H32N4O/c1-28-11-13-29(14-12-28)22-4-2-3-20(15-22)25(30)27-21-9-7-19(8-10-21)23-16-24(23)26-17-18-5-6-18/h2-4,7-10,15,18,23-24,26H,5-6,11-14,16-17H2,1H3,(H,27,30). The zero-order chi connectivity index (χ0) is 20.5. The molecule has 2 aliphatic carbocycles. The molecule has 0 bridgehead atoms. The molecule has 0 spiro atoms. The largest absolute Gasteiger partial charge is 0.369 e. The topological polar surface area (TPSA) is 47.6 Å². The van der Waals surface area contributed by atoms with E-state index in [2.05, 4.69) is 45.7 Å². The van der Waals surface area contributed by atoms with Crippen molar-refractivity contribution in [3.05, 3.63) is 59.7 Å². The van der Waals surface area contributed by atoms with Gasteiger partial charge in [0.2, 0.25) is 0 Å².